The number of hydrogen-bond acceptors (Lipinski definition) is 6. The number of sulfonamides is 1. The van der Waals surface area contributed by atoms with Crippen LogP contribution >= 0.6 is 11.3 Å². The lowest BCUT2D eigenvalue weighted by atomic mass is 10.1. The van der Waals surface area contributed by atoms with E-state index in [4.69, 9.17) is 5.73 Å². The number of anilines is 1. The molecule has 1 aromatic heterocycles. The standard InChI is InChI=1S/C9H18N4O2S2/c1-7(2)6-8-11-12-9(16-8)13-17(14,15)5-3-4-10/h7H,3-6,10H2,1-2H3,(H,12,13). The molecule has 0 aliphatic rings. The summed E-state index contributed by atoms with van der Waals surface area (Å²) in [5, 5.41) is 8.92. The summed E-state index contributed by atoms with van der Waals surface area (Å²) in [7, 11) is -3.33. The number of aromatic nitrogens is 2. The molecule has 0 atom stereocenters. The van der Waals surface area contributed by atoms with Crippen LogP contribution in [0.25, 0.3) is 0 Å². The summed E-state index contributed by atoms with van der Waals surface area (Å²) in [6.07, 6.45) is 1.25. The molecule has 0 aliphatic carbocycles. The predicted octanol–water partition coefficient (Wildman–Crippen LogP) is 0.827. The van der Waals surface area contributed by atoms with Crippen molar-refractivity contribution in [2.45, 2.75) is 26.7 Å². The lowest BCUT2D eigenvalue weighted by Gasteiger charge is -2.02. The van der Waals surface area contributed by atoms with Crippen LogP contribution in [-0.2, 0) is 16.4 Å². The molecule has 98 valence electrons. The molecule has 1 rings (SSSR count). The van der Waals surface area contributed by atoms with Crippen molar-refractivity contribution < 1.29 is 8.42 Å². The van der Waals surface area contributed by atoms with E-state index >= 15 is 0 Å². The topological polar surface area (TPSA) is 98.0 Å². The molecule has 0 aliphatic heterocycles. The van der Waals surface area contributed by atoms with Crippen LogP contribution in [0, 0.1) is 5.92 Å². The molecule has 0 fully saturated rings. The molecule has 0 aromatic carbocycles. The van der Waals surface area contributed by atoms with Gasteiger partial charge in [0.15, 0.2) is 0 Å². The first-order valence-electron chi connectivity index (χ1n) is 5.46. The minimum atomic E-state index is -3.33. The van der Waals surface area contributed by atoms with Gasteiger partial charge in [0.25, 0.3) is 0 Å². The Morgan fingerprint density at radius 3 is 2.71 bits per heavy atom. The molecule has 8 heteroatoms. The molecule has 1 aromatic rings. The van der Waals surface area contributed by atoms with Crippen LogP contribution in [0.3, 0.4) is 0 Å². The van der Waals surface area contributed by atoms with Crippen LogP contribution in [0.15, 0.2) is 0 Å². The minimum Gasteiger partial charge on any atom is -0.330 e. The SMILES string of the molecule is CC(C)Cc1nnc(NS(=O)(=O)CCCN)s1. The maximum absolute atomic E-state index is 11.6. The van der Waals surface area contributed by atoms with E-state index < -0.39 is 10.0 Å². The summed E-state index contributed by atoms with van der Waals surface area (Å²) >= 11 is 1.28. The Hall–Kier alpha value is -0.730. The molecule has 0 unspecified atom stereocenters. The zero-order valence-electron chi connectivity index (χ0n) is 10.0. The van der Waals surface area contributed by atoms with Crippen LogP contribution in [0.1, 0.15) is 25.3 Å². The molecule has 0 radical (unpaired) electrons. The Labute approximate surface area is 106 Å². The van der Waals surface area contributed by atoms with Crippen molar-refractivity contribution >= 4 is 26.5 Å². The highest BCUT2D eigenvalue weighted by Crippen LogP contribution is 2.19. The Morgan fingerprint density at radius 1 is 1.41 bits per heavy atom. The van der Waals surface area contributed by atoms with E-state index in [9.17, 15) is 8.42 Å². The zero-order valence-corrected chi connectivity index (χ0v) is 11.6. The van der Waals surface area contributed by atoms with E-state index in [2.05, 4.69) is 28.8 Å². The normalized spacial score (nSPS) is 12.0. The second kappa shape index (κ2) is 6.27. The molecular formula is C9H18N4O2S2. The molecule has 17 heavy (non-hydrogen) atoms. The maximum Gasteiger partial charge on any atom is 0.234 e. The lowest BCUT2D eigenvalue weighted by Crippen LogP contribution is -2.18. The smallest absolute Gasteiger partial charge is 0.234 e. The van der Waals surface area contributed by atoms with Gasteiger partial charge in [-0.15, -0.1) is 10.2 Å². The van der Waals surface area contributed by atoms with Crippen LogP contribution in [0.5, 0.6) is 0 Å². The van der Waals surface area contributed by atoms with Crippen molar-refractivity contribution in [3.05, 3.63) is 5.01 Å². The van der Waals surface area contributed by atoms with Gasteiger partial charge in [-0.25, -0.2) is 8.42 Å². The summed E-state index contributed by atoms with van der Waals surface area (Å²) in [5.41, 5.74) is 5.27. The van der Waals surface area contributed by atoms with Crippen molar-refractivity contribution in [3.63, 3.8) is 0 Å². The molecule has 1 heterocycles. The van der Waals surface area contributed by atoms with Crippen LogP contribution in [0.4, 0.5) is 5.13 Å². The maximum atomic E-state index is 11.6. The average molecular weight is 278 g/mol. The second-order valence-corrected chi connectivity index (χ2v) is 7.07. The minimum absolute atomic E-state index is 0.0165. The summed E-state index contributed by atoms with van der Waals surface area (Å²) in [6.45, 7) is 4.51. The zero-order chi connectivity index (χ0) is 12.9. The molecule has 3 N–H and O–H groups in total. The van der Waals surface area contributed by atoms with Crippen molar-refractivity contribution in [2.24, 2.45) is 11.7 Å². The fourth-order valence-electron chi connectivity index (χ4n) is 1.18. The van der Waals surface area contributed by atoms with E-state index in [-0.39, 0.29) is 5.75 Å². The largest absolute Gasteiger partial charge is 0.330 e. The van der Waals surface area contributed by atoms with Crippen molar-refractivity contribution in [3.8, 4) is 0 Å². The third-order valence-electron chi connectivity index (χ3n) is 1.91. The van der Waals surface area contributed by atoms with Crippen LogP contribution in [-0.4, -0.2) is 30.9 Å². The van der Waals surface area contributed by atoms with Gasteiger partial charge in [0.05, 0.1) is 5.75 Å². The first-order valence-corrected chi connectivity index (χ1v) is 7.93. The van der Waals surface area contributed by atoms with Crippen molar-refractivity contribution in [1.29, 1.82) is 0 Å². The van der Waals surface area contributed by atoms with Gasteiger partial charge in [0, 0.05) is 6.42 Å². The number of nitrogens with two attached hydrogens (primary N) is 1. The first-order chi connectivity index (χ1) is 7.93. The quantitative estimate of drug-likeness (QED) is 0.769. The monoisotopic (exact) mass is 278 g/mol. The fraction of sp³-hybridized carbons (Fsp3) is 0.778. The summed E-state index contributed by atoms with van der Waals surface area (Å²) < 4.78 is 25.5. The summed E-state index contributed by atoms with van der Waals surface area (Å²) in [4.78, 5) is 0. The third-order valence-corrected chi connectivity index (χ3v) is 4.23. The van der Waals surface area contributed by atoms with Crippen molar-refractivity contribution in [2.75, 3.05) is 17.0 Å². The van der Waals surface area contributed by atoms with Gasteiger partial charge in [-0.05, 0) is 18.9 Å². The van der Waals surface area contributed by atoms with Gasteiger partial charge in [-0.1, -0.05) is 25.2 Å². The van der Waals surface area contributed by atoms with Gasteiger partial charge < -0.3 is 5.73 Å². The molecule has 0 bridgehead atoms. The van der Waals surface area contributed by atoms with E-state index in [1.54, 1.807) is 0 Å². The Bertz CT molecular complexity index is 442. The summed E-state index contributed by atoms with van der Waals surface area (Å²) in [5.74, 6) is 0.493. The average Bonchev–Trinajstić information content (AvgIpc) is 2.60. The number of nitrogens with one attached hydrogen (secondary N) is 1. The van der Waals surface area contributed by atoms with Crippen LogP contribution < -0.4 is 10.5 Å². The lowest BCUT2D eigenvalue weighted by molar-refractivity contribution is 0.598. The molecule has 0 saturated heterocycles. The van der Waals surface area contributed by atoms with E-state index in [1.165, 1.54) is 11.3 Å². The van der Waals surface area contributed by atoms with E-state index in [1.807, 2.05) is 0 Å². The number of hydrogen-bond donors (Lipinski definition) is 2. The fourth-order valence-corrected chi connectivity index (χ4v) is 3.49. The molecule has 6 nitrogen and oxygen atoms in total. The Kier molecular flexibility index (Phi) is 5.29. The molecule has 0 saturated carbocycles. The molecular weight excluding hydrogens is 260 g/mol. The van der Waals surface area contributed by atoms with Gasteiger partial charge in [-0.3, -0.25) is 4.72 Å². The van der Waals surface area contributed by atoms with E-state index in [0.717, 1.165) is 11.4 Å². The highest BCUT2D eigenvalue weighted by molar-refractivity contribution is 7.92. The van der Waals surface area contributed by atoms with Gasteiger partial charge >= 0.3 is 0 Å². The van der Waals surface area contributed by atoms with Crippen LogP contribution in [0.2, 0.25) is 0 Å². The summed E-state index contributed by atoms with van der Waals surface area (Å²) in [6, 6.07) is 0. The van der Waals surface area contributed by atoms with Crippen molar-refractivity contribution in [1.82, 2.24) is 10.2 Å². The predicted molar refractivity (Wildman–Crippen MR) is 69.5 cm³/mol. The first kappa shape index (κ1) is 14.3. The number of rotatable bonds is 7. The van der Waals surface area contributed by atoms with Gasteiger partial charge in [-0.2, -0.15) is 0 Å². The van der Waals surface area contributed by atoms with E-state index in [0.29, 0.717) is 24.0 Å². The van der Waals surface area contributed by atoms with Gasteiger partial charge in [0.2, 0.25) is 15.2 Å². The highest BCUT2D eigenvalue weighted by Gasteiger charge is 2.13. The molecule has 0 spiro atoms. The highest BCUT2D eigenvalue weighted by atomic mass is 32.2. The van der Waals surface area contributed by atoms with Gasteiger partial charge in [0.1, 0.15) is 5.01 Å². The Morgan fingerprint density at radius 2 is 2.12 bits per heavy atom. The second-order valence-electron chi connectivity index (χ2n) is 4.16. The Balaban J connectivity index is 2.59. The molecule has 0 amide bonds. The third kappa shape index (κ3) is 5.42. The number of nitrogens with zero attached hydrogens (tertiary/aromatic N) is 2.